The Balaban J connectivity index is 2.86. The van der Waals surface area contributed by atoms with Crippen LogP contribution in [0.15, 0.2) is 0 Å². The number of unbranched alkanes of at least 4 members (excludes halogenated alkanes) is 7. The summed E-state index contributed by atoms with van der Waals surface area (Å²) in [5, 5.41) is 3.33. The monoisotopic (exact) mass is 256 g/mol. The van der Waals surface area contributed by atoms with Crippen molar-refractivity contribution in [2.24, 2.45) is 0 Å². The van der Waals surface area contributed by atoms with E-state index in [0.29, 0.717) is 0 Å². The molecule has 0 fully saturated rings. The molecule has 0 amide bonds. The first-order valence-electron chi connectivity index (χ1n) is 7.99. The predicted molar refractivity (Wildman–Crippen MR) is 80.9 cm³/mol. The van der Waals surface area contributed by atoms with E-state index < -0.39 is 0 Å². The summed E-state index contributed by atoms with van der Waals surface area (Å²) in [6, 6.07) is 0. The van der Waals surface area contributed by atoms with E-state index >= 15 is 0 Å². The minimum absolute atomic E-state index is 0.903. The Morgan fingerprint density at radius 1 is 0.778 bits per heavy atom. The first kappa shape index (κ1) is 17.9. The van der Waals surface area contributed by atoms with Crippen LogP contribution in [0.4, 0.5) is 0 Å². The third-order valence-electron chi connectivity index (χ3n) is 3.14. The summed E-state index contributed by atoms with van der Waals surface area (Å²) in [4.78, 5) is 0. The molecule has 1 N–H and O–H groups in total. The highest BCUT2D eigenvalue weighted by Gasteiger charge is 1.92. The van der Waals surface area contributed by atoms with Gasteiger partial charge in [-0.25, -0.2) is 0 Å². The summed E-state index contributed by atoms with van der Waals surface area (Å²) >= 11 is 0. The number of nitrogens with one attached hydrogen (secondary N) is 1. The highest BCUT2D eigenvalue weighted by Crippen LogP contribution is 2.08. The third kappa shape index (κ3) is 15.9. The zero-order chi connectivity index (χ0) is 13.3. The van der Waals surface area contributed by atoms with Crippen LogP contribution in [0, 0.1) is 6.92 Å². The van der Waals surface area contributed by atoms with Crippen LogP contribution in [-0.4, -0.2) is 26.3 Å². The van der Waals surface area contributed by atoms with E-state index in [2.05, 4.69) is 19.2 Å². The van der Waals surface area contributed by atoms with Crippen LogP contribution in [-0.2, 0) is 4.74 Å². The Morgan fingerprint density at radius 2 is 1.39 bits per heavy atom. The fourth-order valence-corrected chi connectivity index (χ4v) is 1.99. The molecule has 0 heterocycles. The first-order chi connectivity index (χ1) is 8.91. The first-order valence-corrected chi connectivity index (χ1v) is 7.99. The fourth-order valence-electron chi connectivity index (χ4n) is 1.99. The minimum Gasteiger partial charge on any atom is -0.381 e. The van der Waals surface area contributed by atoms with E-state index in [9.17, 15) is 0 Å². The largest absolute Gasteiger partial charge is 0.381 e. The molecule has 1 radical (unpaired) electrons. The minimum atomic E-state index is 0.903. The van der Waals surface area contributed by atoms with Gasteiger partial charge in [0.1, 0.15) is 0 Å². The molecule has 0 bridgehead atoms. The number of rotatable bonds is 15. The molecular formula is C16H34NO. The van der Waals surface area contributed by atoms with Gasteiger partial charge in [-0.2, -0.15) is 0 Å². The molecule has 0 rings (SSSR count). The van der Waals surface area contributed by atoms with Gasteiger partial charge in [-0.15, -0.1) is 0 Å². The van der Waals surface area contributed by atoms with Crippen molar-refractivity contribution < 1.29 is 4.74 Å². The van der Waals surface area contributed by atoms with Gasteiger partial charge in [-0.3, -0.25) is 0 Å². The molecule has 2 heteroatoms. The summed E-state index contributed by atoms with van der Waals surface area (Å²) < 4.78 is 5.60. The molecule has 0 aromatic rings. The second-order valence-electron chi connectivity index (χ2n) is 5.04. The second-order valence-corrected chi connectivity index (χ2v) is 5.04. The van der Waals surface area contributed by atoms with E-state index in [1.54, 1.807) is 0 Å². The lowest BCUT2D eigenvalue weighted by Gasteiger charge is -2.05. The number of hydrogen-bond donors (Lipinski definition) is 1. The van der Waals surface area contributed by atoms with Gasteiger partial charge in [0, 0.05) is 13.2 Å². The molecule has 0 aromatic heterocycles. The van der Waals surface area contributed by atoms with Crippen LogP contribution in [0.3, 0.4) is 0 Å². The van der Waals surface area contributed by atoms with Crippen LogP contribution in [0.5, 0.6) is 0 Å². The number of hydrogen-bond acceptors (Lipinski definition) is 2. The highest BCUT2D eigenvalue weighted by atomic mass is 16.5. The van der Waals surface area contributed by atoms with E-state index in [1.165, 1.54) is 51.4 Å². The van der Waals surface area contributed by atoms with Crippen molar-refractivity contribution in [1.82, 2.24) is 5.32 Å². The lowest BCUT2D eigenvalue weighted by Crippen LogP contribution is -2.17. The van der Waals surface area contributed by atoms with E-state index in [4.69, 9.17) is 4.74 Å². The average Bonchev–Trinajstić information content (AvgIpc) is 2.39. The van der Waals surface area contributed by atoms with Crippen molar-refractivity contribution in [2.45, 2.75) is 71.1 Å². The number of ether oxygens (including phenoxy) is 1. The summed E-state index contributed by atoms with van der Waals surface area (Å²) in [6.45, 7) is 10.0. The van der Waals surface area contributed by atoms with E-state index in [1.807, 2.05) is 0 Å². The zero-order valence-corrected chi connectivity index (χ0v) is 12.5. The smallest absolute Gasteiger partial charge is 0.0478 e. The van der Waals surface area contributed by atoms with Crippen LogP contribution in [0.25, 0.3) is 0 Å². The van der Waals surface area contributed by atoms with Gasteiger partial charge < -0.3 is 10.1 Å². The zero-order valence-electron chi connectivity index (χ0n) is 12.5. The highest BCUT2D eigenvalue weighted by molar-refractivity contribution is 4.49. The Labute approximate surface area is 115 Å². The van der Waals surface area contributed by atoms with Crippen molar-refractivity contribution in [3.05, 3.63) is 6.92 Å². The van der Waals surface area contributed by atoms with Gasteiger partial charge in [0.05, 0.1) is 0 Å². The second kappa shape index (κ2) is 16.9. The van der Waals surface area contributed by atoms with Gasteiger partial charge in [0.15, 0.2) is 0 Å². The van der Waals surface area contributed by atoms with Gasteiger partial charge in [-0.05, 0) is 32.4 Å². The molecule has 0 unspecified atom stereocenters. The fraction of sp³-hybridized carbons (Fsp3) is 0.938. The Hall–Kier alpha value is -0.0800. The molecular weight excluding hydrogens is 222 g/mol. The maximum absolute atomic E-state index is 5.60. The van der Waals surface area contributed by atoms with Gasteiger partial charge >= 0.3 is 0 Å². The van der Waals surface area contributed by atoms with E-state index in [0.717, 1.165) is 39.1 Å². The normalized spacial score (nSPS) is 11.0. The molecule has 18 heavy (non-hydrogen) atoms. The molecule has 0 aliphatic carbocycles. The topological polar surface area (TPSA) is 21.3 Å². The van der Waals surface area contributed by atoms with Crippen LogP contribution < -0.4 is 5.32 Å². The van der Waals surface area contributed by atoms with Crippen LogP contribution in [0.2, 0.25) is 0 Å². The summed E-state index contributed by atoms with van der Waals surface area (Å²) in [7, 11) is 0. The van der Waals surface area contributed by atoms with E-state index in [-0.39, 0.29) is 0 Å². The molecule has 0 aliphatic heterocycles. The maximum atomic E-state index is 5.60. The standard InChI is InChI=1S/C16H34NO/c1-3-5-6-7-8-9-10-11-15-18-16-12-14-17-13-4-2/h17H,2-16H2,1H3. The quantitative estimate of drug-likeness (QED) is 0.440. The average molecular weight is 256 g/mol. The molecule has 0 atom stereocenters. The molecule has 0 aromatic carbocycles. The summed E-state index contributed by atoms with van der Waals surface area (Å²) in [5.41, 5.74) is 0. The summed E-state index contributed by atoms with van der Waals surface area (Å²) in [6.07, 6.45) is 13.1. The van der Waals surface area contributed by atoms with Crippen molar-refractivity contribution in [3.8, 4) is 0 Å². The molecule has 109 valence electrons. The molecule has 2 nitrogen and oxygen atoms in total. The van der Waals surface area contributed by atoms with Crippen molar-refractivity contribution in [1.29, 1.82) is 0 Å². The van der Waals surface area contributed by atoms with Crippen LogP contribution in [0.1, 0.15) is 71.1 Å². The molecule has 0 spiro atoms. The van der Waals surface area contributed by atoms with Crippen LogP contribution >= 0.6 is 0 Å². The molecule has 0 saturated heterocycles. The maximum Gasteiger partial charge on any atom is 0.0478 e. The summed E-state index contributed by atoms with van der Waals surface area (Å²) in [5.74, 6) is 0. The molecule has 0 saturated carbocycles. The van der Waals surface area contributed by atoms with Gasteiger partial charge in [0.25, 0.3) is 0 Å². The Morgan fingerprint density at radius 3 is 2.06 bits per heavy atom. The lowest BCUT2D eigenvalue weighted by molar-refractivity contribution is 0.127. The SMILES string of the molecule is [CH2]CCNCCCOCCCCCCCCCC. The third-order valence-corrected chi connectivity index (χ3v) is 3.14. The van der Waals surface area contributed by atoms with Gasteiger partial charge in [-0.1, -0.05) is 58.8 Å². The lowest BCUT2D eigenvalue weighted by atomic mass is 10.1. The Bertz CT molecular complexity index is 123. The van der Waals surface area contributed by atoms with Gasteiger partial charge in [0.2, 0.25) is 0 Å². The van der Waals surface area contributed by atoms with Crippen molar-refractivity contribution >= 4 is 0 Å². The molecule has 0 aliphatic rings. The Kier molecular flexibility index (Phi) is 16.8. The predicted octanol–water partition coefficient (Wildman–Crippen LogP) is 4.35. The van der Waals surface area contributed by atoms with Crippen molar-refractivity contribution in [2.75, 3.05) is 26.3 Å². The van der Waals surface area contributed by atoms with Crippen molar-refractivity contribution in [3.63, 3.8) is 0 Å².